The van der Waals surface area contributed by atoms with Gasteiger partial charge < -0.3 is 9.84 Å². The summed E-state index contributed by atoms with van der Waals surface area (Å²) in [4.78, 5) is 13.2. The molecule has 4 nitrogen and oxygen atoms in total. The predicted molar refractivity (Wildman–Crippen MR) is 78.2 cm³/mol. The number of hydrogen-bond acceptors (Lipinski definition) is 3. The minimum absolute atomic E-state index is 0.115. The summed E-state index contributed by atoms with van der Waals surface area (Å²) in [5.41, 5.74) is 2.57. The van der Waals surface area contributed by atoms with Gasteiger partial charge in [-0.3, -0.25) is 9.69 Å². The first-order chi connectivity index (χ1) is 9.65. The number of hydrogen-bond donors (Lipinski definition) is 1. The first-order valence-corrected chi connectivity index (χ1v) is 7.28. The lowest BCUT2D eigenvalue weighted by atomic mass is 9.86. The molecule has 0 fully saturated rings. The average Bonchev–Trinajstić information content (AvgIpc) is 2.45. The first kappa shape index (κ1) is 14.9. The number of benzene rings is 1. The average molecular weight is 277 g/mol. The fourth-order valence-electron chi connectivity index (χ4n) is 3.08. The minimum atomic E-state index is -0.751. The van der Waals surface area contributed by atoms with Crippen molar-refractivity contribution in [3.8, 4) is 5.75 Å². The molecule has 20 heavy (non-hydrogen) atoms. The van der Waals surface area contributed by atoms with E-state index in [0.717, 1.165) is 38.0 Å². The number of methoxy groups -OCH3 is 1. The second-order valence-electron chi connectivity index (χ2n) is 5.34. The van der Waals surface area contributed by atoms with Crippen LogP contribution < -0.4 is 4.74 Å². The molecule has 0 amide bonds. The highest BCUT2D eigenvalue weighted by Crippen LogP contribution is 2.36. The van der Waals surface area contributed by atoms with Gasteiger partial charge in [0.1, 0.15) is 5.75 Å². The predicted octanol–water partition coefficient (Wildman–Crippen LogP) is 2.87. The number of carboxylic acids is 1. The summed E-state index contributed by atoms with van der Waals surface area (Å²) in [5.74, 6) is 0.128. The summed E-state index contributed by atoms with van der Waals surface area (Å²) >= 11 is 0. The Kier molecular flexibility index (Phi) is 5.01. The van der Waals surface area contributed by atoms with Crippen LogP contribution in [0.1, 0.15) is 43.4 Å². The molecule has 4 heteroatoms. The molecule has 0 aromatic heterocycles. The van der Waals surface area contributed by atoms with Crippen molar-refractivity contribution in [2.24, 2.45) is 0 Å². The molecule has 1 atom stereocenters. The third-order valence-corrected chi connectivity index (χ3v) is 3.92. The first-order valence-electron chi connectivity index (χ1n) is 7.28. The van der Waals surface area contributed by atoms with E-state index in [-0.39, 0.29) is 12.6 Å². The zero-order chi connectivity index (χ0) is 14.5. The largest absolute Gasteiger partial charge is 0.497 e. The number of ether oxygens (including phenoxy) is 1. The molecular weight excluding hydrogens is 254 g/mol. The summed E-state index contributed by atoms with van der Waals surface area (Å²) in [5, 5.41) is 9.11. The van der Waals surface area contributed by atoms with Crippen molar-refractivity contribution in [3.05, 3.63) is 29.3 Å². The lowest BCUT2D eigenvalue weighted by Gasteiger charge is -2.35. The maximum absolute atomic E-state index is 11.1. The molecule has 1 N–H and O–H groups in total. The molecule has 0 heterocycles. The Bertz CT molecular complexity index is 473. The molecule has 0 saturated heterocycles. The van der Waals surface area contributed by atoms with E-state index in [2.05, 4.69) is 24.0 Å². The Balaban J connectivity index is 2.27. The molecule has 0 aliphatic heterocycles. The molecular formula is C16H23NO3. The number of aliphatic carboxylic acids is 1. The van der Waals surface area contributed by atoms with Gasteiger partial charge in [0, 0.05) is 6.04 Å². The maximum atomic E-state index is 11.1. The number of carboxylic acid groups (broad SMARTS) is 1. The third kappa shape index (κ3) is 3.31. The van der Waals surface area contributed by atoms with Crippen LogP contribution in [-0.2, 0) is 11.2 Å². The molecule has 0 bridgehead atoms. The maximum Gasteiger partial charge on any atom is 0.317 e. The van der Waals surface area contributed by atoms with Crippen LogP contribution in [0.4, 0.5) is 0 Å². The van der Waals surface area contributed by atoms with Gasteiger partial charge in [-0.15, -0.1) is 0 Å². The lowest BCUT2D eigenvalue weighted by Crippen LogP contribution is -2.36. The zero-order valence-corrected chi connectivity index (χ0v) is 12.3. The van der Waals surface area contributed by atoms with Crippen molar-refractivity contribution in [1.29, 1.82) is 0 Å². The molecule has 1 aromatic carbocycles. The van der Waals surface area contributed by atoms with Gasteiger partial charge in [-0.1, -0.05) is 13.0 Å². The smallest absolute Gasteiger partial charge is 0.317 e. The van der Waals surface area contributed by atoms with E-state index in [9.17, 15) is 4.79 Å². The molecule has 0 spiro atoms. The van der Waals surface area contributed by atoms with E-state index < -0.39 is 5.97 Å². The van der Waals surface area contributed by atoms with Crippen LogP contribution in [0.2, 0.25) is 0 Å². The van der Waals surface area contributed by atoms with E-state index in [1.165, 1.54) is 11.1 Å². The molecule has 0 saturated carbocycles. The number of nitrogens with zero attached hydrogens (tertiary/aromatic N) is 1. The van der Waals surface area contributed by atoms with E-state index in [4.69, 9.17) is 9.84 Å². The molecule has 0 radical (unpaired) electrons. The standard InChI is InChI=1S/C16H23NO3/c1-3-9-17(11-16(18)19)15-6-4-5-12-10-13(20-2)7-8-14(12)15/h7-8,10,15H,3-6,9,11H2,1-2H3,(H,18,19). The number of carbonyl (C=O) groups is 1. The molecule has 1 unspecified atom stereocenters. The van der Waals surface area contributed by atoms with Gasteiger partial charge in [-0.2, -0.15) is 0 Å². The Morgan fingerprint density at radius 2 is 2.30 bits per heavy atom. The second kappa shape index (κ2) is 6.75. The molecule has 2 rings (SSSR count). The van der Waals surface area contributed by atoms with Crippen LogP contribution in [-0.4, -0.2) is 36.2 Å². The van der Waals surface area contributed by atoms with Crippen LogP contribution in [0.25, 0.3) is 0 Å². The highest BCUT2D eigenvalue weighted by atomic mass is 16.5. The Hall–Kier alpha value is -1.55. The van der Waals surface area contributed by atoms with E-state index >= 15 is 0 Å². The van der Waals surface area contributed by atoms with Crippen molar-refractivity contribution in [2.75, 3.05) is 20.2 Å². The van der Waals surface area contributed by atoms with Crippen molar-refractivity contribution < 1.29 is 14.6 Å². The topological polar surface area (TPSA) is 49.8 Å². The van der Waals surface area contributed by atoms with Gasteiger partial charge in [-0.05, 0) is 55.5 Å². The van der Waals surface area contributed by atoms with Gasteiger partial charge >= 0.3 is 5.97 Å². The fourth-order valence-corrected chi connectivity index (χ4v) is 3.08. The summed E-state index contributed by atoms with van der Waals surface area (Å²) < 4.78 is 5.28. The van der Waals surface area contributed by atoms with Crippen molar-refractivity contribution in [3.63, 3.8) is 0 Å². The molecule has 110 valence electrons. The zero-order valence-electron chi connectivity index (χ0n) is 12.3. The number of fused-ring (bicyclic) bond motifs is 1. The van der Waals surface area contributed by atoms with Gasteiger partial charge in [0.25, 0.3) is 0 Å². The van der Waals surface area contributed by atoms with Crippen LogP contribution in [0.15, 0.2) is 18.2 Å². The SMILES string of the molecule is CCCN(CC(=O)O)C1CCCc2cc(OC)ccc21. The number of aryl methyl sites for hydroxylation is 1. The second-order valence-corrected chi connectivity index (χ2v) is 5.34. The van der Waals surface area contributed by atoms with E-state index in [0.29, 0.717) is 0 Å². The van der Waals surface area contributed by atoms with Crippen LogP contribution in [0.3, 0.4) is 0 Å². The summed E-state index contributed by atoms with van der Waals surface area (Å²) in [6.45, 7) is 3.03. The van der Waals surface area contributed by atoms with Gasteiger partial charge in [0.2, 0.25) is 0 Å². The Morgan fingerprint density at radius 3 is 2.95 bits per heavy atom. The highest BCUT2D eigenvalue weighted by Gasteiger charge is 2.27. The number of rotatable bonds is 6. The van der Waals surface area contributed by atoms with Gasteiger partial charge in [-0.25, -0.2) is 0 Å². The van der Waals surface area contributed by atoms with Crippen molar-refractivity contribution >= 4 is 5.97 Å². The van der Waals surface area contributed by atoms with E-state index in [1.807, 2.05) is 6.07 Å². The molecule has 1 aliphatic rings. The van der Waals surface area contributed by atoms with Gasteiger partial charge in [0.05, 0.1) is 13.7 Å². The monoisotopic (exact) mass is 277 g/mol. The van der Waals surface area contributed by atoms with Crippen molar-refractivity contribution in [2.45, 2.75) is 38.6 Å². The molecule has 1 aliphatic carbocycles. The van der Waals surface area contributed by atoms with Crippen LogP contribution in [0, 0.1) is 0 Å². The fraction of sp³-hybridized carbons (Fsp3) is 0.562. The highest BCUT2D eigenvalue weighted by molar-refractivity contribution is 5.69. The van der Waals surface area contributed by atoms with Gasteiger partial charge in [0.15, 0.2) is 0 Å². The Morgan fingerprint density at radius 1 is 1.50 bits per heavy atom. The molecule has 1 aromatic rings. The van der Waals surface area contributed by atoms with Crippen LogP contribution >= 0.6 is 0 Å². The summed E-state index contributed by atoms with van der Waals surface area (Å²) in [7, 11) is 1.68. The quantitative estimate of drug-likeness (QED) is 0.868. The summed E-state index contributed by atoms with van der Waals surface area (Å²) in [6, 6.07) is 6.39. The normalized spacial score (nSPS) is 17.9. The van der Waals surface area contributed by atoms with Crippen molar-refractivity contribution in [1.82, 2.24) is 4.90 Å². The third-order valence-electron chi connectivity index (χ3n) is 3.92. The Labute approximate surface area is 120 Å². The van der Waals surface area contributed by atoms with Crippen LogP contribution in [0.5, 0.6) is 5.75 Å². The van der Waals surface area contributed by atoms with E-state index in [1.54, 1.807) is 7.11 Å². The summed E-state index contributed by atoms with van der Waals surface area (Å²) in [6.07, 6.45) is 4.16. The minimum Gasteiger partial charge on any atom is -0.497 e. The lowest BCUT2D eigenvalue weighted by molar-refractivity contribution is -0.139.